The maximum atomic E-state index is 12.9. The zero-order valence-electron chi connectivity index (χ0n) is 13.9. The first-order valence-corrected chi connectivity index (χ1v) is 9.76. The molecule has 0 saturated heterocycles. The molecule has 1 aromatic carbocycles. The Labute approximate surface area is 146 Å². The molecule has 0 saturated carbocycles. The van der Waals surface area contributed by atoms with Crippen LogP contribution >= 0.6 is 0 Å². The van der Waals surface area contributed by atoms with Crippen LogP contribution in [0.15, 0.2) is 41.7 Å². The molecule has 130 valence electrons. The number of para-hydroxylation sites is 1. The molecule has 0 aliphatic carbocycles. The number of hydrogen-bond donors (Lipinski definition) is 1. The van der Waals surface area contributed by atoms with Crippen molar-refractivity contribution in [3.05, 3.63) is 48.2 Å². The second-order valence-electron chi connectivity index (χ2n) is 6.43. The minimum Gasteiger partial charge on any atom is -0.318 e. The molecule has 0 spiro atoms. The minimum absolute atomic E-state index is 0.132. The first-order valence-electron chi connectivity index (χ1n) is 8.27. The Bertz CT molecular complexity index is 1010. The van der Waals surface area contributed by atoms with Gasteiger partial charge in [0, 0.05) is 30.6 Å². The molecule has 25 heavy (non-hydrogen) atoms. The van der Waals surface area contributed by atoms with E-state index in [9.17, 15) is 8.42 Å². The van der Waals surface area contributed by atoms with Gasteiger partial charge in [0.05, 0.1) is 5.52 Å². The molecule has 3 aromatic rings. The van der Waals surface area contributed by atoms with Crippen LogP contribution in [0.4, 0.5) is 0 Å². The van der Waals surface area contributed by atoms with E-state index in [1.807, 2.05) is 23.6 Å². The Balaban J connectivity index is 1.61. The highest BCUT2D eigenvalue weighted by Crippen LogP contribution is 2.23. The Morgan fingerprint density at radius 1 is 1.28 bits per heavy atom. The molecular weight excluding hydrogens is 338 g/mol. The summed E-state index contributed by atoms with van der Waals surface area (Å²) in [5.74, 6) is 0.906. The summed E-state index contributed by atoms with van der Waals surface area (Å²) in [4.78, 5) is 4.57. The Kier molecular flexibility index (Phi) is 4.01. The van der Waals surface area contributed by atoms with Gasteiger partial charge in [-0.15, -0.1) is 10.2 Å². The van der Waals surface area contributed by atoms with Gasteiger partial charge in [0.1, 0.15) is 17.0 Å². The van der Waals surface area contributed by atoms with Crippen LogP contribution in [0.2, 0.25) is 0 Å². The third kappa shape index (κ3) is 3.14. The van der Waals surface area contributed by atoms with Gasteiger partial charge in [-0.05, 0) is 37.5 Å². The second kappa shape index (κ2) is 6.20. The molecule has 1 aliphatic rings. The third-order valence-electron chi connectivity index (χ3n) is 4.55. The van der Waals surface area contributed by atoms with Gasteiger partial charge < -0.3 is 4.57 Å². The van der Waals surface area contributed by atoms with Crippen molar-refractivity contribution in [3.8, 4) is 0 Å². The zero-order valence-corrected chi connectivity index (χ0v) is 14.7. The highest BCUT2D eigenvalue weighted by Gasteiger charge is 2.25. The number of pyridine rings is 1. The molecule has 1 unspecified atom stereocenters. The van der Waals surface area contributed by atoms with Gasteiger partial charge in [-0.2, -0.15) is 0 Å². The van der Waals surface area contributed by atoms with Gasteiger partial charge >= 0.3 is 0 Å². The highest BCUT2D eigenvalue weighted by atomic mass is 32.2. The zero-order chi connectivity index (χ0) is 17.4. The van der Waals surface area contributed by atoms with E-state index in [2.05, 4.69) is 19.9 Å². The number of fused-ring (bicyclic) bond motifs is 2. The van der Waals surface area contributed by atoms with Crippen LogP contribution in [0, 0.1) is 6.92 Å². The van der Waals surface area contributed by atoms with Gasteiger partial charge in [0.2, 0.25) is 10.0 Å². The minimum atomic E-state index is -3.64. The Morgan fingerprint density at radius 2 is 2.16 bits per heavy atom. The molecule has 1 N–H and O–H groups in total. The van der Waals surface area contributed by atoms with Crippen LogP contribution in [0.3, 0.4) is 0 Å². The second-order valence-corrected chi connectivity index (χ2v) is 8.11. The number of sulfonamides is 1. The number of nitrogens with one attached hydrogen (secondary N) is 1. The molecule has 8 heteroatoms. The average molecular weight is 357 g/mol. The van der Waals surface area contributed by atoms with Crippen molar-refractivity contribution in [2.45, 2.75) is 43.7 Å². The fraction of sp³-hybridized carbons (Fsp3) is 0.353. The van der Waals surface area contributed by atoms with E-state index in [0.29, 0.717) is 31.3 Å². The maximum absolute atomic E-state index is 12.9. The smallest absolute Gasteiger partial charge is 0.242 e. The molecule has 0 radical (unpaired) electrons. The van der Waals surface area contributed by atoms with Crippen molar-refractivity contribution in [3.63, 3.8) is 0 Å². The summed E-state index contributed by atoms with van der Waals surface area (Å²) < 4.78 is 30.7. The van der Waals surface area contributed by atoms with Gasteiger partial charge in [0.25, 0.3) is 0 Å². The number of aryl methyl sites for hydroxylation is 3. The van der Waals surface area contributed by atoms with Crippen LogP contribution in [0.5, 0.6) is 0 Å². The maximum Gasteiger partial charge on any atom is 0.242 e. The number of hydrogen-bond acceptors (Lipinski definition) is 5. The fourth-order valence-corrected chi connectivity index (χ4v) is 4.75. The summed E-state index contributed by atoms with van der Waals surface area (Å²) >= 11 is 0. The van der Waals surface area contributed by atoms with E-state index < -0.39 is 10.0 Å². The normalized spacial score (nSPS) is 18.0. The van der Waals surface area contributed by atoms with Gasteiger partial charge in [-0.1, -0.05) is 12.1 Å². The van der Waals surface area contributed by atoms with Gasteiger partial charge in [-0.25, -0.2) is 13.1 Å². The number of aromatic nitrogens is 4. The average Bonchev–Trinajstić information content (AvgIpc) is 2.96. The molecular formula is C17H19N5O2S. The van der Waals surface area contributed by atoms with Crippen LogP contribution < -0.4 is 4.72 Å². The van der Waals surface area contributed by atoms with Gasteiger partial charge in [-0.3, -0.25) is 4.98 Å². The molecule has 3 heterocycles. The standard InChI is InChI=1S/C17H19N5O2S/c1-12-9-13-3-2-4-15(17(13)18-10-12)25(23,24)21-14-5-6-16-20-19-11-22(16)8-7-14/h2-4,9-11,14,21H,5-8H2,1H3. The number of benzene rings is 1. The van der Waals surface area contributed by atoms with E-state index in [1.165, 1.54) is 0 Å². The Hall–Kier alpha value is -2.32. The lowest BCUT2D eigenvalue weighted by Gasteiger charge is -2.17. The van der Waals surface area contributed by atoms with E-state index in [-0.39, 0.29) is 10.9 Å². The van der Waals surface area contributed by atoms with Crippen LogP contribution in [-0.4, -0.2) is 34.2 Å². The lowest BCUT2D eigenvalue weighted by Crippen LogP contribution is -2.35. The summed E-state index contributed by atoms with van der Waals surface area (Å²) in [6.45, 7) is 2.65. The topological polar surface area (TPSA) is 89.8 Å². The predicted octanol–water partition coefficient (Wildman–Crippen LogP) is 1.82. The first kappa shape index (κ1) is 16.2. The van der Waals surface area contributed by atoms with Gasteiger partial charge in [0.15, 0.2) is 0 Å². The highest BCUT2D eigenvalue weighted by molar-refractivity contribution is 7.89. The molecule has 0 fully saturated rings. The summed E-state index contributed by atoms with van der Waals surface area (Å²) in [5, 5.41) is 8.81. The van der Waals surface area contributed by atoms with E-state index in [4.69, 9.17) is 0 Å². The molecule has 4 rings (SSSR count). The predicted molar refractivity (Wildman–Crippen MR) is 93.5 cm³/mol. The lowest BCUT2D eigenvalue weighted by molar-refractivity contribution is 0.496. The molecule has 1 atom stereocenters. The van der Waals surface area contributed by atoms with Crippen molar-refractivity contribution in [1.82, 2.24) is 24.5 Å². The third-order valence-corrected chi connectivity index (χ3v) is 6.10. The quantitative estimate of drug-likeness (QED) is 0.772. The summed E-state index contributed by atoms with van der Waals surface area (Å²) in [6, 6.07) is 7.06. The number of rotatable bonds is 3. The Morgan fingerprint density at radius 3 is 3.04 bits per heavy atom. The SMILES string of the molecule is Cc1cnc2c(S(=O)(=O)NC3CCc4nncn4CC3)cccc2c1. The van der Waals surface area contributed by atoms with E-state index in [0.717, 1.165) is 16.8 Å². The van der Waals surface area contributed by atoms with Crippen LogP contribution in [0.25, 0.3) is 10.9 Å². The lowest BCUT2D eigenvalue weighted by atomic mass is 10.1. The summed E-state index contributed by atoms with van der Waals surface area (Å²) in [5.41, 5.74) is 1.51. The van der Waals surface area contributed by atoms with E-state index in [1.54, 1.807) is 24.7 Å². The van der Waals surface area contributed by atoms with Crippen LogP contribution in [-0.2, 0) is 23.0 Å². The molecule has 7 nitrogen and oxygen atoms in total. The first-order chi connectivity index (χ1) is 12.0. The van der Waals surface area contributed by atoms with E-state index >= 15 is 0 Å². The largest absolute Gasteiger partial charge is 0.318 e. The monoisotopic (exact) mass is 357 g/mol. The van der Waals surface area contributed by atoms with Crippen molar-refractivity contribution < 1.29 is 8.42 Å². The fourth-order valence-electron chi connectivity index (χ4n) is 3.26. The summed E-state index contributed by atoms with van der Waals surface area (Å²) in [7, 11) is -3.64. The van der Waals surface area contributed by atoms with Crippen molar-refractivity contribution in [1.29, 1.82) is 0 Å². The molecule has 1 aliphatic heterocycles. The van der Waals surface area contributed by atoms with Crippen molar-refractivity contribution >= 4 is 20.9 Å². The summed E-state index contributed by atoms with van der Waals surface area (Å²) in [6.07, 6.45) is 5.51. The van der Waals surface area contributed by atoms with Crippen molar-refractivity contribution in [2.75, 3.05) is 0 Å². The molecule has 0 amide bonds. The number of nitrogens with zero attached hydrogens (tertiary/aromatic N) is 4. The van der Waals surface area contributed by atoms with Crippen molar-refractivity contribution in [2.24, 2.45) is 0 Å². The van der Waals surface area contributed by atoms with Crippen LogP contribution in [0.1, 0.15) is 24.2 Å². The molecule has 2 aromatic heterocycles. The molecule has 0 bridgehead atoms.